The topological polar surface area (TPSA) is 46.6 Å². The molecule has 0 unspecified atom stereocenters. The molecule has 2 aliphatic rings. The van der Waals surface area contributed by atoms with Crippen molar-refractivity contribution in [1.82, 2.24) is 4.90 Å². The number of cyclic esters (lactones) is 1. The zero-order chi connectivity index (χ0) is 21.3. The number of alkyl halides is 3. The Morgan fingerprint density at radius 3 is 2.37 bits per heavy atom. The third-order valence-corrected chi connectivity index (χ3v) is 5.41. The van der Waals surface area contributed by atoms with E-state index < -0.39 is 23.8 Å². The molecule has 2 amide bonds. The Balaban J connectivity index is 1.55. The summed E-state index contributed by atoms with van der Waals surface area (Å²) in [4.78, 5) is 26.6. The Morgan fingerprint density at radius 2 is 1.77 bits per heavy atom. The number of amides is 2. The molecule has 7 heteroatoms. The molecule has 0 N–H and O–H groups in total. The number of nitrogens with zero attached hydrogens (tertiary/aromatic N) is 1. The van der Waals surface area contributed by atoms with Crippen molar-refractivity contribution in [3.8, 4) is 0 Å². The van der Waals surface area contributed by atoms with Gasteiger partial charge >= 0.3 is 12.3 Å². The van der Waals surface area contributed by atoms with Crippen LogP contribution >= 0.6 is 0 Å². The smallest absolute Gasteiger partial charge is 0.421 e. The lowest BCUT2D eigenvalue weighted by atomic mass is 9.92. The number of ether oxygens (including phenoxy) is 1. The van der Waals surface area contributed by atoms with Crippen LogP contribution < -0.4 is 0 Å². The highest BCUT2D eigenvalue weighted by Crippen LogP contribution is 2.41. The minimum Gasteiger partial charge on any atom is -0.442 e. The SMILES string of the molecule is O=C1OC/C(=C/c2ccccc2)N1C(=O)[C@@H](Cc1ccc(C(F)(F)F)cc1)C1CC1. The number of benzene rings is 2. The van der Waals surface area contributed by atoms with E-state index in [0.717, 1.165) is 35.4 Å². The molecule has 0 bridgehead atoms. The second-order valence-electron chi connectivity index (χ2n) is 7.62. The first-order valence-corrected chi connectivity index (χ1v) is 9.75. The lowest BCUT2D eigenvalue weighted by Gasteiger charge is -2.21. The van der Waals surface area contributed by atoms with Crippen LogP contribution in [0.3, 0.4) is 0 Å². The van der Waals surface area contributed by atoms with Crippen LogP contribution in [0.25, 0.3) is 6.08 Å². The van der Waals surface area contributed by atoms with Gasteiger partial charge in [-0.3, -0.25) is 4.79 Å². The fourth-order valence-corrected chi connectivity index (χ4v) is 3.67. The summed E-state index contributed by atoms with van der Waals surface area (Å²) in [7, 11) is 0. The third-order valence-electron chi connectivity index (χ3n) is 5.41. The van der Waals surface area contributed by atoms with Gasteiger partial charge in [0.05, 0.1) is 11.3 Å². The van der Waals surface area contributed by atoms with Gasteiger partial charge in [0.25, 0.3) is 0 Å². The first-order chi connectivity index (χ1) is 14.3. The number of imide groups is 1. The monoisotopic (exact) mass is 415 g/mol. The van der Waals surface area contributed by atoms with Gasteiger partial charge in [0.15, 0.2) is 0 Å². The van der Waals surface area contributed by atoms with Crippen LogP contribution in [-0.2, 0) is 22.1 Å². The van der Waals surface area contributed by atoms with Crippen molar-refractivity contribution in [3.05, 3.63) is 77.0 Å². The van der Waals surface area contributed by atoms with Gasteiger partial charge in [-0.2, -0.15) is 13.2 Å². The molecule has 2 aromatic rings. The number of hydrogen-bond donors (Lipinski definition) is 0. The van der Waals surface area contributed by atoms with Gasteiger partial charge in [-0.1, -0.05) is 42.5 Å². The van der Waals surface area contributed by atoms with Crippen LogP contribution in [0.2, 0.25) is 0 Å². The molecule has 0 spiro atoms. The Bertz CT molecular complexity index is 963. The molecule has 1 aliphatic heterocycles. The van der Waals surface area contributed by atoms with Crippen molar-refractivity contribution < 1.29 is 27.5 Å². The standard InChI is InChI=1S/C23H20F3NO3/c24-23(25,26)18-10-6-16(7-11-18)13-20(17-8-9-17)21(28)27-19(14-30-22(27)29)12-15-4-2-1-3-5-15/h1-7,10-12,17,20H,8-9,13-14H2/b19-12-/t20-/m0/s1. The average molecular weight is 415 g/mol. The number of carbonyl (C=O) groups is 2. The van der Waals surface area contributed by atoms with E-state index in [1.165, 1.54) is 12.1 Å². The van der Waals surface area contributed by atoms with Crippen molar-refractivity contribution in [2.45, 2.75) is 25.4 Å². The van der Waals surface area contributed by atoms with E-state index in [-0.39, 0.29) is 24.9 Å². The molecular formula is C23H20F3NO3. The summed E-state index contributed by atoms with van der Waals surface area (Å²) in [5.41, 5.74) is 1.22. The second kappa shape index (κ2) is 7.97. The van der Waals surface area contributed by atoms with Crippen LogP contribution in [0.4, 0.5) is 18.0 Å². The van der Waals surface area contributed by atoms with Crippen molar-refractivity contribution in [3.63, 3.8) is 0 Å². The first-order valence-electron chi connectivity index (χ1n) is 9.75. The van der Waals surface area contributed by atoms with E-state index in [9.17, 15) is 22.8 Å². The summed E-state index contributed by atoms with van der Waals surface area (Å²) in [5, 5.41) is 0. The zero-order valence-electron chi connectivity index (χ0n) is 16.1. The van der Waals surface area contributed by atoms with Crippen molar-refractivity contribution in [2.75, 3.05) is 6.61 Å². The van der Waals surface area contributed by atoms with E-state index in [0.29, 0.717) is 11.3 Å². The quantitative estimate of drug-likeness (QED) is 0.666. The molecule has 4 nitrogen and oxygen atoms in total. The maximum Gasteiger partial charge on any atom is 0.421 e. The summed E-state index contributed by atoms with van der Waals surface area (Å²) in [6.45, 7) is 0.0110. The minimum absolute atomic E-state index is 0.0110. The van der Waals surface area contributed by atoms with Gasteiger partial charge in [0.1, 0.15) is 6.61 Å². The zero-order valence-corrected chi connectivity index (χ0v) is 16.1. The van der Waals surface area contributed by atoms with Crippen molar-refractivity contribution in [2.24, 2.45) is 11.8 Å². The van der Waals surface area contributed by atoms with Gasteiger partial charge in [0.2, 0.25) is 5.91 Å². The predicted octanol–water partition coefficient (Wildman–Crippen LogP) is 5.29. The fraction of sp³-hybridized carbons (Fsp3) is 0.304. The summed E-state index contributed by atoms with van der Waals surface area (Å²) in [6, 6.07) is 14.1. The summed E-state index contributed by atoms with van der Waals surface area (Å²) < 4.78 is 43.5. The number of halogens is 3. The Hall–Kier alpha value is -3.09. The maximum absolute atomic E-state index is 13.3. The van der Waals surface area contributed by atoms with Crippen LogP contribution in [0.5, 0.6) is 0 Å². The van der Waals surface area contributed by atoms with Gasteiger partial charge in [-0.05, 0) is 54.5 Å². The molecular weight excluding hydrogens is 395 g/mol. The fourth-order valence-electron chi connectivity index (χ4n) is 3.67. The Labute approximate surface area is 171 Å². The highest BCUT2D eigenvalue weighted by atomic mass is 19.4. The van der Waals surface area contributed by atoms with Gasteiger partial charge < -0.3 is 4.74 Å². The molecule has 1 aliphatic carbocycles. The molecule has 4 rings (SSSR count). The Morgan fingerprint density at radius 1 is 1.10 bits per heavy atom. The summed E-state index contributed by atoms with van der Waals surface area (Å²) in [5.74, 6) is -0.722. The van der Waals surface area contributed by atoms with Crippen LogP contribution in [0.15, 0.2) is 60.3 Å². The second-order valence-corrected chi connectivity index (χ2v) is 7.62. The maximum atomic E-state index is 13.3. The van der Waals surface area contributed by atoms with Crippen molar-refractivity contribution >= 4 is 18.1 Å². The highest BCUT2D eigenvalue weighted by molar-refractivity contribution is 5.98. The van der Waals surface area contributed by atoms with Crippen LogP contribution in [0, 0.1) is 11.8 Å². The molecule has 30 heavy (non-hydrogen) atoms. The molecule has 0 radical (unpaired) electrons. The first kappa shape index (κ1) is 20.2. The van der Waals surface area contributed by atoms with E-state index >= 15 is 0 Å². The minimum atomic E-state index is -4.40. The summed E-state index contributed by atoms with van der Waals surface area (Å²) in [6.07, 6.45) is -1.37. The predicted molar refractivity (Wildman–Crippen MR) is 104 cm³/mol. The van der Waals surface area contributed by atoms with E-state index in [2.05, 4.69) is 0 Å². The number of carbonyl (C=O) groups excluding carboxylic acids is 2. The molecule has 1 saturated carbocycles. The number of hydrogen-bond acceptors (Lipinski definition) is 3. The normalized spacial score (nSPS) is 19.1. The van der Waals surface area contributed by atoms with E-state index in [4.69, 9.17) is 4.74 Å². The third kappa shape index (κ3) is 4.40. The van der Waals surface area contributed by atoms with Crippen molar-refractivity contribution in [1.29, 1.82) is 0 Å². The molecule has 0 aromatic heterocycles. The number of rotatable bonds is 5. The van der Waals surface area contributed by atoms with E-state index in [1.54, 1.807) is 6.08 Å². The highest BCUT2D eigenvalue weighted by Gasteiger charge is 2.43. The average Bonchev–Trinajstić information content (AvgIpc) is 3.50. The molecule has 1 atom stereocenters. The molecule has 2 fully saturated rings. The van der Waals surface area contributed by atoms with Gasteiger partial charge in [-0.25, -0.2) is 9.69 Å². The Kier molecular flexibility index (Phi) is 5.37. The van der Waals surface area contributed by atoms with Gasteiger partial charge in [-0.15, -0.1) is 0 Å². The van der Waals surface area contributed by atoms with E-state index in [1.807, 2.05) is 30.3 Å². The van der Waals surface area contributed by atoms with Gasteiger partial charge in [0, 0.05) is 5.92 Å². The van der Waals surface area contributed by atoms with Crippen LogP contribution in [0.1, 0.15) is 29.5 Å². The lowest BCUT2D eigenvalue weighted by molar-refractivity contribution is -0.137. The largest absolute Gasteiger partial charge is 0.442 e. The molecule has 156 valence electrons. The molecule has 2 aromatic carbocycles. The molecule has 1 saturated heterocycles. The van der Waals surface area contributed by atoms with Crippen LogP contribution in [-0.4, -0.2) is 23.5 Å². The molecule has 1 heterocycles. The lowest BCUT2D eigenvalue weighted by Crippen LogP contribution is -2.37. The summed E-state index contributed by atoms with van der Waals surface area (Å²) >= 11 is 0.